The van der Waals surface area contributed by atoms with Crippen molar-refractivity contribution < 1.29 is 9.53 Å². The Morgan fingerprint density at radius 3 is 3.04 bits per heavy atom. The van der Waals surface area contributed by atoms with E-state index in [0.717, 1.165) is 50.5 Å². The van der Waals surface area contributed by atoms with Crippen LogP contribution in [0.25, 0.3) is 11.0 Å². The van der Waals surface area contributed by atoms with Crippen LogP contribution in [0.15, 0.2) is 24.3 Å². The second kappa shape index (κ2) is 7.77. The van der Waals surface area contributed by atoms with Gasteiger partial charge in [0.05, 0.1) is 30.3 Å². The molecule has 0 spiro atoms. The summed E-state index contributed by atoms with van der Waals surface area (Å²) < 4.78 is 8.11. The number of benzene rings is 1. The van der Waals surface area contributed by atoms with E-state index in [-0.39, 0.29) is 12.0 Å². The minimum absolute atomic E-state index is 0.0133. The summed E-state index contributed by atoms with van der Waals surface area (Å²) in [5.41, 5.74) is 2.26. The molecule has 1 aliphatic rings. The number of imidazole rings is 1. The molecule has 130 valence electrons. The number of ether oxygens (including phenoxy) is 1. The number of morpholine rings is 1. The van der Waals surface area contributed by atoms with Gasteiger partial charge in [0.15, 0.2) is 0 Å². The number of hydrogen-bond acceptors (Lipinski definition) is 4. The van der Waals surface area contributed by atoms with Gasteiger partial charge in [-0.3, -0.25) is 9.69 Å². The number of amides is 1. The largest absolute Gasteiger partial charge is 0.375 e. The number of fused-ring (bicyclic) bond motifs is 1. The predicted molar refractivity (Wildman–Crippen MR) is 93.7 cm³/mol. The van der Waals surface area contributed by atoms with Gasteiger partial charge in [0.1, 0.15) is 5.82 Å². The number of carbonyl (C=O) groups excluding carboxylic acids is 1. The Kier molecular flexibility index (Phi) is 5.48. The molecule has 2 aromatic rings. The molecule has 1 saturated heterocycles. The molecule has 0 bridgehead atoms. The molecule has 24 heavy (non-hydrogen) atoms. The van der Waals surface area contributed by atoms with Crippen LogP contribution in [0.3, 0.4) is 0 Å². The van der Waals surface area contributed by atoms with Gasteiger partial charge in [-0.15, -0.1) is 0 Å². The van der Waals surface area contributed by atoms with Crippen LogP contribution in [0.2, 0.25) is 0 Å². The topological polar surface area (TPSA) is 59.4 Å². The van der Waals surface area contributed by atoms with Gasteiger partial charge in [0.2, 0.25) is 5.91 Å². The van der Waals surface area contributed by atoms with Gasteiger partial charge in [0, 0.05) is 33.1 Å². The van der Waals surface area contributed by atoms with Gasteiger partial charge in [-0.25, -0.2) is 4.98 Å². The zero-order valence-corrected chi connectivity index (χ0v) is 14.5. The molecule has 0 saturated carbocycles. The fourth-order valence-corrected chi connectivity index (χ4v) is 3.31. The summed E-state index contributed by atoms with van der Waals surface area (Å²) in [5.74, 6) is 1.13. The van der Waals surface area contributed by atoms with Crippen molar-refractivity contribution in [1.82, 2.24) is 19.8 Å². The molecule has 6 nitrogen and oxygen atoms in total. The summed E-state index contributed by atoms with van der Waals surface area (Å²) in [6.45, 7) is 8.67. The smallest absolute Gasteiger partial charge is 0.216 e. The van der Waals surface area contributed by atoms with Crippen LogP contribution in [-0.2, 0) is 22.6 Å². The summed E-state index contributed by atoms with van der Waals surface area (Å²) in [6, 6.07) is 8.30. The molecule has 1 fully saturated rings. The van der Waals surface area contributed by atoms with E-state index in [1.54, 1.807) is 6.92 Å². The van der Waals surface area contributed by atoms with E-state index in [4.69, 9.17) is 9.72 Å². The van der Waals surface area contributed by atoms with Crippen LogP contribution >= 0.6 is 0 Å². The lowest BCUT2D eigenvalue weighted by Crippen LogP contribution is -2.43. The standard InChI is InChI=1S/C18H26N4O2/c1-3-22-17-7-5-4-6-16(17)20-18(22)13-21-10-11-24-15(12-21)8-9-19-14(2)23/h4-7,15H,3,8-13H2,1-2H3,(H,19,23)/t15-/m0/s1. The zero-order valence-electron chi connectivity index (χ0n) is 14.5. The van der Waals surface area contributed by atoms with Crippen molar-refractivity contribution in [2.24, 2.45) is 0 Å². The highest BCUT2D eigenvalue weighted by molar-refractivity contribution is 5.75. The van der Waals surface area contributed by atoms with Crippen molar-refractivity contribution in [3.63, 3.8) is 0 Å². The molecule has 0 unspecified atom stereocenters. The van der Waals surface area contributed by atoms with Crippen LogP contribution in [0.4, 0.5) is 0 Å². The molecule has 1 aliphatic heterocycles. The summed E-state index contributed by atoms with van der Waals surface area (Å²) in [5, 5.41) is 2.84. The highest BCUT2D eigenvalue weighted by atomic mass is 16.5. The first-order chi connectivity index (χ1) is 11.7. The summed E-state index contributed by atoms with van der Waals surface area (Å²) in [7, 11) is 0. The lowest BCUT2D eigenvalue weighted by atomic mass is 10.2. The average Bonchev–Trinajstić information content (AvgIpc) is 2.92. The van der Waals surface area contributed by atoms with E-state index < -0.39 is 0 Å². The number of carbonyl (C=O) groups is 1. The molecule has 1 aromatic heterocycles. The number of nitrogens with zero attached hydrogens (tertiary/aromatic N) is 3. The maximum atomic E-state index is 11.0. The normalized spacial score (nSPS) is 18.8. The van der Waals surface area contributed by atoms with Crippen LogP contribution in [0, 0.1) is 0 Å². The van der Waals surface area contributed by atoms with Gasteiger partial charge in [-0.2, -0.15) is 0 Å². The Balaban J connectivity index is 1.64. The van der Waals surface area contributed by atoms with Crippen molar-refractivity contribution in [2.75, 3.05) is 26.2 Å². The van der Waals surface area contributed by atoms with E-state index in [0.29, 0.717) is 6.54 Å². The van der Waals surface area contributed by atoms with Gasteiger partial charge in [0.25, 0.3) is 0 Å². The molecule has 1 atom stereocenters. The molecule has 6 heteroatoms. The molecular formula is C18H26N4O2. The molecular weight excluding hydrogens is 304 g/mol. The monoisotopic (exact) mass is 330 g/mol. The molecule has 3 rings (SSSR count). The van der Waals surface area contributed by atoms with E-state index in [1.165, 1.54) is 5.52 Å². The van der Waals surface area contributed by atoms with Crippen LogP contribution in [0.5, 0.6) is 0 Å². The first-order valence-electron chi connectivity index (χ1n) is 8.70. The Bertz CT molecular complexity index is 697. The van der Waals surface area contributed by atoms with E-state index in [2.05, 4.69) is 39.9 Å². The molecule has 1 N–H and O–H groups in total. The van der Waals surface area contributed by atoms with Crippen molar-refractivity contribution in [3.8, 4) is 0 Å². The maximum absolute atomic E-state index is 11.0. The fraction of sp³-hybridized carbons (Fsp3) is 0.556. The molecule has 1 amide bonds. The predicted octanol–water partition coefficient (Wildman–Crippen LogP) is 1.78. The number of aromatic nitrogens is 2. The van der Waals surface area contributed by atoms with Crippen LogP contribution < -0.4 is 5.32 Å². The third-order valence-electron chi connectivity index (χ3n) is 4.48. The SMILES string of the molecule is CCn1c(CN2CCO[C@@H](CCNC(C)=O)C2)nc2ccccc21. The fourth-order valence-electron chi connectivity index (χ4n) is 3.31. The van der Waals surface area contributed by atoms with Gasteiger partial charge in [-0.1, -0.05) is 12.1 Å². The zero-order chi connectivity index (χ0) is 16.9. The van der Waals surface area contributed by atoms with Crippen LogP contribution in [0.1, 0.15) is 26.1 Å². The lowest BCUT2D eigenvalue weighted by Gasteiger charge is -2.32. The maximum Gasteiger partial charge on any atom is 0.216 e. The highest BCUT2D eigenvalue weighted by Crippen LogP contribution is 2.18. The van der Waals surface area contributed by atoms with Crippen molar-refractivity contribution >= 4 is 16.9 Å². The van der Waals surface area contributed by atoms with Crippen molar-refractivity contribution in [2.45, 2.75) is 39.5 Å². The first-order valence-corrected chi connectivity index (χ1v) is 8.70. The van der Waals surface area contributed by atoms with E-state index >= 15 is 0 Å². The highest BCUT2D eigenvalue weighted by Gasteiger charge is 2.22. The van der Waals surface area contributed by atoms with Crippen LogP contribution in [-0.4, -0.2) is 52.7 Å². The minimum atomic E-state index is 0.0133. The van der Waals surface area contributed by atoms with E-state index in [9.17, 15) is 4.79 Å². The van der Waals surface area contributed by atoms with E-state index in [1.807, 2.05) is 6.07 Å². The Labute approximate surface area is 142 Å². The Morgan fingerprint density at radius 2 is 2.25 bits per heavy atom. The number of rotatable bonds is 6. The summed E-state index contributed by atoms with van der Waals surface area (Å²) in [4.78, 5) is 18.2. The number of hydrogen-bond donors (Lipinski definition) is 1. The van der Waals surface area contributed by atoms with Gasteiger partial charge >= 0.3 is 0 Å². The quantitative estimate of drug-likeness (QED) is 0.877. The molecule has 0 aliphatic carbocycles. The second-order valence-corrected chi connectivity index (χ2v) is 6.26. The summed E-state index contributed by atoms with van der Waals surface area (Å²) >= 11 is 0. The number of para-hydroxylation sites is 2. The van der Waals surface area contributed by atoms with Gasteiger partial charge < -0.3 is 14.6 Å². The lowest BCUT2D eigenvalue weighted by molar-refractivity contribution is -0.119. The van der Waals surface area contributed by atoms with Gasteiger partial charge in [-0.05, 0) is 25.5 Å². The third-order valence-corrected chi connectivity index (χ3v) is 4.48. The Morgan fingerprint density at radius 1 is 1.42 bits per heavy atom. The second-order valence-electron chi connectivity index (χ2n) is 6.26. The first kappa shape index (κ1) is 16.9. The average molecular weight is 330 g/mol. The number of nitrogens with one attached hydrogen (secondary N) is 1. The number of aryl methyl sites for hydroxylation is 1. The molecule has 0 radical (unpaired) electrons. The minimum Gasteiger partial charge on any atom is -0.375 e. The molecule has 1 aromatic carbocycles. The van der Waals surface area contributed by atoms with Crippen molar-refractivity contribution in [1.29, 1.82) is 0 Å². The third kappa shape index (κ3) is 3.94. The molecule has 2 heterocycles. The van der Waals surface area contributed by atoms with Crippen molar-refractivity contribution in [3.05, 3.63) is 30.1 Å². The Hall–Kier alpha value is -1.92. The summed E-state index contributed by atoms with van der Waals surface area (Å²) in [6.07, 6.45) is 1.02.